The first-order chi connectivity index (χ1) is 18.8. The van der Waals surface area contributed by atoms with E-state index in [1.807, 2.05) is 4.90 Å². The summed E-state index contributed by atoms with van der Waals surface area (Å²) in [5, 5.41) is 22.0. The van der Waals surface area contributed by atoms with Gasteiger partial charge in [-0.15, -0.1) is 0 Å². The zero-order valence-electron chi connectivity index (χ0n) is 21.2. The van der Waals surface area contributed by atoms with Crippen LogP contribution in [0.15, 0.2) is 52.2 Å². The van der Waals surface area contributed by atoms with E-state index < -0.39 is 23.7 Å². The number of nitrogens with two attached hydrogens (primary N) is 1. The van der Waals surface area contributed by atoms with Crippen LogP contribution >= 0.6 is 0 Å². The lowest BCUT2D eigenvalue weighted by molar-refractivity contribution is -0.116. The summed E-state index contributed by atoms with van der Waals surface area (Å²) in [4.78, 5) is 50.4. The van der Waals surface area contributed by atoms with Crippen LogP contribution in [0, 0.1) is 11.3 Å². The second kappa shape index (κ2) is 10.4. The molecule has 4 N–H and O–H groups in total. The van der Waals surface area contributed by atoms with Crippen molar-refractivity contribution in [3.8, 4) is 11.8 Å². The fourth-order valence-electron chi connectivity index (χ4n) is 4.83. The van der Waals surface area contributed by atoms with E-state index in [-0.39, 0.29) is 35.3 Å². The van der Waals surface area contributed by atoms with Gasteiger partial charge >= 0.3 is 5.69 Å². The number of nitrogens with zero attached hydrogens (tertiary/aromatic N) is 7. The summed E-state index contributed by atoms with van der Waals surface area (Å²) in [6.45, 7) is 0.709. The average Bonchev–Trinajstić information content (AvgIpc) is 3.31. The van der Waals surface area contributed by atoms with Gasteiger partial charge in [-0.1, -0.05) is 18.2 Å². The number of carbonyl (C=O) groups excluding carboxylic acids is 1. The highest BCUT2D eigenvalue weighted by Gasteiger charge is 2.27. The largest absolute Gasteiger partial charge is 0.504 e. The van der Waals surface area contributed by atoms with Gasteiger partial charge in [0, 0.05) is 32.4 Å². The maximum Gasteiger partial charge on any atom is 0.332 e. The Morgan fingerprint density at radius 3 is 2.77 bits per heavy atom. The molecule has 4 aromatic rings. The second-order valence-corrected chi connectivity index (χ2v) is 9.44. The van der Waals surface area contributed by atoms with Crippen molar-refractivity contribution in [2.45, 2.75) is 32.0 Å². The van der Waals surface area contributed by atoms with Crippen LogP contribution in [0.5, 0.6) is 5.75 Å². The van der Waals surface area contributed by atoms with E-state index in [1.165, 1.54) is 29.9 Å². The average molecular weight is 530 g/mol. The number of nitriles is 1. The number of hydrogen-bond donors (Lipinski definition) is 3. The van der Waals surface area contributed by atoms with Crippen LogP contribution in [0.2, 0.25) is 0 Å². The van der Waals surface area contributed by atoms with Crippen molar-refractivity contribution in [3.63, 3.8) is 0 Å². The van der Waals surface area contributed by atoms with Crippen LogP contribution in [0.3, 0.4) is 0 Å². The number of amides is 1. The molecular weight excluding hydrogens is 502 g/mol. The van der Waals surface area contributed by atoms with Crippen LogP contribution in [0.1, 0.15) is 24.0 Å². The number of aryl methyl sites for hydroxylation is 1. The van der Waals surface area contributed by atoms with E-state index in [9.17, 15) is 24.8 Å². The van der Waals surface area contributed by atoms with Gasteiger partial charge in [-0.25, -0.2) is 14.3 Å². The van der Waals surface area contributed by atoms with Crippen molar-refractivity contribution < 1.29 is 9.90 Å². The molecule has 1 aliphatic heterocycles. The summed E-state index contributed by atoms with van der Waals surface area (Å²) in [5.41, 5.74) is 6.19. The SMILES string of the molecule is Cn1c(=O)n(CC(=O)Nc2ncccc2O)c(=O)c2c1nc(N1CCCC(N)C1)n2Cc1ccccc1C#N. The highest BCUT2D eigenvalue weighted by atomic mass is 16.3. The third kappa shape index (κ3) is 4.85. The summed E-state index contributed by atoms with van der Waals surface area (Å²) in [6, 6.07) is 12.0. The van der Waals surface area contributed by atoms with Crippen molar-refractivity contribution in [2.75, 3.05) is 23.3 Å². The van der Waals surface area contributed by atoms with Crippen molar-refractivity contribution >= 4 is 28.8 Å². The minimum absolute atomic E-state index is 0.0782. The number of aromatic nitrogens is 5. The Morgan fingerprint density at radius 1 is 1.23 bits per heavy atom. The third-order valence-electron chi connectivity index (χ3n) is 6.77. The Balaban J connectivity index is 1.65. The standard InChI is InChI=1S/C26H27N9O4/c1-32-23-21(24(38)35(26(32)39)15-20(37)30-22-19(36)9-4-10-29-22)34(13-17-7-3-2-6-16(17)12-27)25(31-23)33-11-5-8-18(28)14-33/h2-4,6-7,9-10,18,36H,5,8,11,13-15,28H2,1H3,(H,29,30,37). The van der Waals surface area contributed by atoms with Crippen LogP contribution in [-0.4, -0.2) is 53.8 Å². The van der Waals surface area contributed by atoms with Gasteiger partial charge in [0.2, 0.25) is 11.9 Å². The number of imidazole rings is 1. The molecule has 3 aromatic heterocycles. The van der Waals surface area contributed by atoms with Crippen LogP contribution in [-0.2, 0) is 24.9 Å². The van der Waals surface area contributed by atoms with Crippen LogP contribution in [0.4, 0.5) is 11.8 Å². The smallest absolute Gasteiger partial charge is 0.332 e. The number of nitrogens with one attached hydrogen (secondary N) is 1. The first-order valence-corrected chi connectivity index (χ1v) is 12.4. The zero-order chi connectivity index (χ0) is 27.7. The lowest BCUT2D eigenvalue weighted by Gasteiger charge is -2.32. The zero-order valence-corrected chi connectivity index (χ0v) is 21.2. The van der Waals surface area contributed by atoms with Crippen molar-refractivity contribution in [2.24, 2.45) is 12.8 Å². The van der Waals surface area contributed by atoms with Crippen molar-refractivity contribution in [1.29, 1.82) is 5.26 Å². The molecule has 1 aromatic carbocycles. The molecule has 0 spiro atoms. The van der Waals surface area contributed by atoms with E-state index in [1.54, 1.807) is 28.8 Å². The van der Waals surface area contributed by atoms with Crippen LogP contribution < -0.4 is 27.2 Å². The highest BCUT2D eigenvalue weighted by molar-refractivity contribution is 5.91. The fourth-order valence-corrected chi connectivity index (χ4v) is 4.83. The van der Waals surface area contributed by atoms with Gasteiger partial charge in [-0.05, 0) is 36.6 Å². The number of pyridine rings is 1. The minimum Gasteiger partial charge on any atom is -0.504 e. The number of rotatable bonds is 6. The Kier molecular flexibility index (Phi) is 6.86. The number of piperidine rings is 1. The molecule has 0 aliphatic carbocycles. The summed E-state index contributed by atoms with van der Waals surface area (Å²) in [7, 11) is 1.48. The van der Waals surface area contributed by atoms with E-state index >= 15 is 0 Å². The molecule has 13 nitrogen and oxygen atoms in total. The molecule has 0 radical (unpaired) electrons. The topological polar surface area (TPSA) is 177 Å². The highest BCUT2D eigenvalue weighted by Crippen LogP contribution is 2.25. The maximum atomic E-state index is 13.8. The van der Waals surface area contributed by atoms with E-state index in [4.69, 9.17) is 10.7 Å². The second-order valence-electron chi connectivity index (χ2n) is 9.44. The molecule has 5 rings (SSSR count). The van der Waals surface area contributed by atoms with E-state index in [0.29, 0.717) is 30.2 Å². The Hall–Kier alpha value is -4.96. The Morgan fingerprint density at radius 2 is 2.03 bits per heavy atom. The quantitative estimate of drug-likeness (QED) is 0.321. The summed E-state index contributed by atoms with van der Waals surface area (Å²) in [6.07, 6.45) is 3.08. The normalized spacial score (nSPS) is 15.3. The molecule has 1 amide bonds. The summed E-state index contributed by atoms with van der Waals surface area (Å²) in [5.74, 6) is -0.596. The van der Waals surface area contributed by atoms with Gasteiger partial charge in [0.05, 0.1) is 18.2 Å². The number of benzene rings is 1. The Bertz CT molecular complexity index is 1730. The van der Waals surface area contributed by atoms with Gasteiger partial charge in [-0.2, -0.15) is 10.2 Å². The van der Waals surface area contributed by atoms with Crippen LogP contribution in [0.25, 0.3) is 11.2 Å². The molecule has 1 aliphatic rings. The predicted octanol–water partition coefficient (Wildman–Crippen LogP) is 0.483. The molecule has 1 atom stereocenters. The number of carbonyl (C=O) groups is 1. The predicted molar refractivity (Wildman–Crippen MR) is 143 cm³/mol. The molecule has 1 fully saturated rings. The third-order valence-corrected chi connectivity index (χ3v) is 6.77. The molecular formula is C26H27N9O4. The van der Waals surface area contributed by atoms with Gasteiger partial charge in [-0.3, -0.25) is 18.7 Å². The molecule has 4 heterocycles. The minimum atomic E-state index is -0.725. The number of aromatic hydroxyl groups is 1. The molecule has 13 heteroatoms. The summed E-state index contributed by atoms with van der Waals surface area (Å²) < 4.78 is 3.73. The maximum absolute atomic E-state index is 13.8. The number of anilines is 2. The van der Waals surface area contributed by atoms with Gasteiger partial charge < -0.3 is 21.1 Å². The van der Waals surface area contributed by atoms with Crippen molar-refractivity contribution in [3.05, 3.63) is 74.6 Å². The molecule has 0 saturated carbocycles. The van der Waals surface area contributed by atoms with Gasteiger partial charge in [0.25, 0.3) is 5.56 Å². The Labute approximate surface area is 222 Å². The first-order valence-electron chi connectivity index (χ1n) is 12.4. The monoisotopic (exact) mass is 529 g/mol. The lowest BCUT2D eigenvalue weighted by Crippen LogP contribution is -2.44. The van der Waals surface area contributed by atoms with Gasteiger partial charge in [0.15, 0.2) is 22.7 Å². The summed E-state index contributed by atoms with van der Waals surface area (Å²) >= 11 is 0. The molecule has 0 bridgehead atoms. The number of hydrogen-bond acceptors (Lipinski definition) is 9. The lowest BCUT2D eigenvalue weighted by atomic mass is 10.1. The van der Waals surface area contributed by atoms with Gasteiger partial charge in [0.1, 0.15) is 6.54 Å². The number of fused-ring (bicyclic) bond motifs is 1. The van der Waals surface area contributed by atoms with E-state index in [0.717, 1.165) is 17.4 Å². The molecule has 1 saturated heterocycles. The molecule has 39 heavy (non-hydrogen) atoms. The molecule has 1 unspecified atom stereocenters. The first kappa shape index (κ1) is 25.7. The fraction of sp³-hybridized carbons (Fsp3) is 0.308. The molecule has 200 valence electrons. The van der Waals surface area contributed by atoms with E-state index in [2.05, 4.69) is 16.4 Å². The van der Waals surface area contributed by atoms with Crippen molar-refractivity contribution in [1.82, 2.24) is 23.7 Å².